The number of benzene rings is 1. The van der Waals surface area contributed by atoms with E-state index in [9.17, 15) is 4.79 Å². The van der Waals surface area contributed by atoms with Gasteiger partial charge in [-0.05, 0) is 24.1 Å². The quantitative estimate of drug-likeness (QED) is 0.843. The van der Waals surface area contributed by atoms with Crippen LogP contribution in [-0.4, -0.2) is 22.8 Å². The Morgan fingerprint density at radius 2 is 2.33 bits per heavy atom. The van der Waals surface area contributed by atoms with Gasteiger partial charge < -0.3 is 14.8 Å². The summed E-state index contributed by atoms with van der Waals surface area (Å²) in [4.78, 5) is 14.2. The molecular weight excluding hydrogens is 230 g/mol. The van der Waals surface area contributed by atoms with Gasteiger partial charge in [-0.3, -0.25) is 4.79 Å². The lowest BCUT2D eigenvalue weighted by molar-refractivity contribution is 0.176. The first-order chi connectivity index (χ1) is 8.69. The van der Waals surface area contributed by atoms with Crippen LogP contribution in [0.4, 0.5) is 0 Å². The molecule has 4 nitrogen and oxygen atoms in total. The van der Waals surface area contributed by atoms with E-state index in [1.807, 2.05) is 6.92 Å². The summed E-state index contributed by atoms with van der Waals surface area (Å²) in [6.07, 6.45) is 1.51. The number of rotatable bonds is 2. The largest absolute Gasteiger partial charge is 0.489 e. The maximum atomic E-state index is 11.4. The van der Waals surface area contributed by atoms with Crippen molar-refractivity contribution in [2.24, 2.45) is 0 Å². The average molecular weight is 245 g/mol. The molecule has 0 spiro atoms. The molecule has 3 rings (SSSR count). The molecule has 0 amide bonds. The molecule has 1 unspecified atom stereocenters. The van der Waals surface area contributed by atoms with Gasteiger partial charge in [-0.15, -0.1) is 0 Å². The van der Waals surface area contributed by atoms with E-state index in [2.05, 4.69) is 11.1 Å². The van der Waals surface area contributed by atoms with Gasteiger partial charge in [0.25, 0.3) is 0 Å². The Labute approximate surface area is 104 Å². The molecule has 1 aliphatic heterocycles. The van der Waals surface area contributed by atoms with Gasteiger partial charge in [-0.2, -0.15) is 0 Å². The molecule has 0 aliphatic carbocycles. The number of aliphatic hydroxyl groups is 1. The van der Waals surface area contributed by atoms with Crippen LogP contribution in [0.5, 0.6) is 5.75 Å². The number of fused-ring (bicyclic) bond motifs is 3. The average Bonchev–Trinajstić information content (AvgIpc) is 2.72. The van der Waals surface area contributed by atoms with Gasteiger partial charge in [-0.25, -0.2) is 0 Å². The van der Waals surface area contributed by atoms with E-state index in [-0.39, 0.29) is 18.3 Å². The Morgan fingerprint density at radius 3 is 3.11 bits per heavy atom. The van der Waals surface area contributed by atoms with Crippen LogP contribution in [0.2, 0.25) is 0 Å². The number of aliphatic hydroxyl groups excluding tert-OH is 1. The molecule has 0 saturated heterocycles. The highest BCUT2D eigenvalue weighted by atomic mass is 16.5. The minimum Gasteiger partial charge on any atom is -0.489 e. The van der Waals surface area contributed by atoms with Crippen molar-refractivity contribution in [1.29, 1.82) is 0 Å². The fourth-order valence-corrected chi connectivity index (χ4v) is 2.60. The van der Waals surface area contributed by atoms with Crippen molar-refractivity contribution in [2.75, 3.05) is 6.61 Å². The molecule has 2 heterocycles. The molecule has 2 aromatic rings. The van der Waals surface area contributed by atoms with Gasteiger partial charge in [0.15, 0.2) is 0 Å². The summed E-state index contributed by atoms with van der Waals surface area (Å²) in [5, 5.41) is 9.93. The van der Waals surface area contributed by atoms with Gasteiger partial charge in [0.2, 0.25) is 5.56 Å². The number of H-pyrrole nitrogens is 1. The zero-order valence-electron chi connectivity index (χ0n) is 10.2. The first-order valence-electron chi connectivity index (χ1n) is 6.12. The van der Waals surface area contributed by atoms with E-state index in [1.54, 1.807) is 6.07 Å². The molecule has 1 aromatic heterocycles. The van der Waals surface area contributed by atoms with Crippen LogP contribution >= 0.6 is 0 Å². The zero-order chi connectivity index (χ0) is 12.7. The zero-order valence-corrected chi connectivity index (χ0v) is 10.2. The normalized spacial score (nSPS) is 17.8. The predicted octanol–water partition coefficient (Wildman–Crippen LogP) is 1.52. The molecule has 0 bridgehead atoms. The summed E-state index contributed by atoms with van der Waals surface area (Å²) in [7, 11) is 0. The van der Waals surface area contributed by atoms with Crippen molar-refractivity contribution in [3.8, 4) is 5.75 Å². The van der Waals surface area contributed by atoms with E-state index in [1.165, 1.54) is 6.07 Å². The van der Waals surface area contributed by atoms with E-state index < -0.39 is 0 Å². The summed E-state index contributed by atoms with van der Waals surface area (Å²) in [6, 6.07) is 5.39. The third-order valence-electron chi connectivity index (χ3n) is 3.42. The smallest absolute Gasteiger partial charge is 0.248 e. The fraction of sp³-hybridized carbons (Fsp3) is 0.357. The van der Waals surface area contributed by atoms with E-state index in [0.29, 0.717) is 6.42 Å². The molecule has 2 N–H and O–H groups in total. The second-order valence-electron chi connectivity index (χ2n) is 4.75. The Hall–Kier alpha value is -1.81. The molecule has 1 aliphatic rings. The first-order valence-corrected chi connectivity index (χ1v) is 6.12. The Balaban J connectivity index is 2.17. The van der Waals surface area contributed by atoms with E-state index in [4.69, 9.17) is 9.84 Å². The Bertz CT molecular complexity index is 660. The van der Waals surface area contributed by atoms with Crippen LogP contribution in [-0.2, 0) is 6.42 Å². The molecule has 0 fully saturated rings. The second kappa shape index (κ2) is 4.14. The fourth-order valence-electron chi connectivity index (χ4n) is 2.60. The Morgan fingerprint density at radius 1 is 1.50 bits per heavy atom. The van der Waals surface area contributed by atoms with E-state index in [0.717, 1.165) is 34.2 Å². The summed E-state index contributed by atoms with van der Waals surface area (Å²) >= 11 is 0. The van der Waals surface area contributed by atoms with Crippen molar-refractivity contribution in [1.82, 2.24) is 4.98 Å². The summed E-state index contributed by atoms with van der Waals surface area (Å²) in [5.74, 6) is 0.852. The summed E-state index contributed by atoms with van der Waals surface area (Å²) < 4.78 is 5.87. The Kier molecular flexibility index (Phi) is 2.59. The van der Waals surface area contributed by atoms with Crippen LogP contribution < -0.4 is 10.3 Å². The topological polar surface area (TPSA) is 62.3 Å². The van der Waals surface area contributed by atoms with Crippen LogP contribution in [0, 0.1) is 6.92 Å². The van der Waals surface area contributed by atoms with Crippen LogP contribution in [0.15, 0.2) is 23.0 Å². The maximum absolute atomic E-state index is 11.4. The SMILES string of the molecule is Cc1cc2c(c3ccc(=O)[nH]c13)OC(CCO)C2. The molecule has 1 atom stereocenters. The lowest BCUT2D eigenvalue weighted by Crippen LogP contribution is -2.14. The molecule has 4 heteroatoms. The molecule has 0 saturated carbocycles. The van der Waals surface area contributed by atoms with Gasteiger partial charge in [0.05, 0.1) is 5.52 Å². The highest BCUT2D eigenvalue weighted by Crippen LogP contribution is 2.37. The number of aromatic amines is 1. The molecule has 1 aromatic carbocycles. The van der Waals surface area contributed by atoms with Crippen molar-refractivity contribution in [2.45, 2.75) is 25.9 Å². The first kappa shape index (κ1) is 11.3. The predicted molar refractivity (Wildman–Crippen MR) is 69.1 cm³/mol. The molecule has 18 heavy (non-hydrogen) atoms. The van der Waals surface area contributed by atoms with Gasteiger partial charge >= 0.3 is 0 Å². The standard InChI is InChI=1S/C14H15NO3/c1-8-6-9-7-10(4-5-16)18-14(9)11-2-3-12(17)15-13(8)11/h2-3,6,10,16H,4-5,7H2,1H3,(H,15,17). The minimum atomic E-state index is -0.101. The van der Waals surface area contributed by atoms with Gasteiger partial charge in [0.1, 0.15) is 11.9 Å². The number of hydrogen-bond donors (Lipinski definition) is 2. The number of pyridine rings is 1. The third kappa shape index (κ3) is 1.69. The van der Waals surface area contributed by atoms with E-state index >= 15 is 0 Å². The monoisotopic (exact) mass is 245 g/mol. The van der Waals surface area contributed by atoms with Crippen molar-refractivity contribution < 1.29 is 9.84 Å². The number of hydrogen-bond acceptors (Lipinski definition) is 3. The second-order valence-corrected chi connectivity index (χ2v) is 4.75. The van der Waals surface area contributed by atoms with Crippen LogP contribution in [0.1, 0.15) is 17.5 Å². The third-order valence-corrected chi connectivity index (χ3v) is 3.42. The molecular formula is C14H15NO3. The van der Waals surface area contributed by atoms with Crippen molar-refractivity contribution >= 4 is 10.9 Å². The van der Waals surface area contributed by atoms with Crippen molar-refractivity contribution in [3.63, 3.8) is 0 Å². The lowest BCUT2D eigenvalue weighted by atomic mass is 10.0. The van der Waals surface area contributed by atoms with Crippen LogP contribution in [0.25, 0.3) is 10.9 Å². The number of nitrogens with one attached hydrogen (secondary N) is 1. The highest BCUT2D eigenvalue weighted by Gasteiger charge is 2.25. The van der Waals surface area contributed by atoms with Crippen LogP contribution in [0.3, 0.4) is 0 Å². The highest BCUT2D eigenvalue weighted by molar-refractivity contribution is 5.89. The maximum Gasteiger partial charge on any atom is 0.248 e. The van der Waals surface area contributed by atoms with Crippen molar-refractivity contribution in [3.05, 3.63) is 39.7 Å². The lowest BCUT2D eigenvalue weighted by Gasteiger charge is -2.10. The molecule has 94 valence electrons. The van der Waals surface area contributed by atoms with Gasteiger partial charge in [0, 0.05) is 30.9 Å². The number of ether oxygens (including phenoxy) is 1. The minimum absolute atomic E-state index is 0.0435. The summed E-state index contributed by atoms with van der Waals surface area (Å²) in [6.45, 7) is 2.12. The van der Waals surface area contributed by atoms with Gasteiger partial charge in [-0.1, -0.05) is 6.07 Å². The summed E-state index contributed by atoms with van der Waals surface area (Å²) in [5.41, 5.74) is 2.95. The number of aryl methyl sites for hydroxylation is 1. The molecule has 0 radical (unpaired) electrons. The number of aromatic nitrogens is 1.